The van der Waals surface area contributed by atoms with E-state index in [2.05, 4.69) is 59.3 Å². The predicted molar refractivity (Wildman–Crippen MR) is 218 cm³/mol. The van der Waals surface area contributed by atoms with E-state index in [4.69, 9.17) is 4.98 Å². The summed E-state index contributed by atoms with van der Waals surface area (Å²) in [5.41, 5.74) is 6.22. The van der Waals surface area contributed by atoms with Crippen LogP contribution < -0.4 is 20.1 Å². The molecular weight excluding hydrogens is 769 g/mol. The van der Waals surface area contributed by atoms with Crippen LogP contribution in [0.15, 0.2) is 67.0 Å². The van der Waals surface area contributed by atoms with Gasteiger partial charge in [0, 0.05) is 49.0 Å². The number of nitrogens with zero attached hydrogens (tertiary/aromatic N) is 4. The number of aliphatic hydroxyl groups is 1. The topological polar surface area (TPSA) is 152 Å². The standard InChI is InChI=1S/C23H29F2N3O3.C21H25F2N3O2/c24-23(25)31-20-12-10-18(15-27-20)17(14-21(29)30)6-3-1-2-4-8-19-11-9-16-7-5-13-26-22(16)28-19;22-21(23)28-19-12-8-15(14-25-19)7-11-18(27)6-2-1-5-17-10-9-16-4-3-13-24-20(16)26-17/h9-12,15,17,23H,1-8,13-14H2,(H,26,28)(H,29,30);7-12,14,18,21,27H,1-6,13H2,(H,24,26)/b;11-7+. The molecule has 4 aromatic rings. The van der Waals surface area contributed by atoms with Crippen molar-refractivity contribution in [2.75, 3.05) is 23.7 Å². The van der Waals surface area contributed by atoms with E-state index in [-0.39, 0.29) is 24.1 Å². The molecule has 0 saturated carbocycles. The summed E-state index contributed by atoms with van der Waals surface area (Å²) in [5, 5.41) is 26.0. The number of ether oxygens (including phenoxy) is 2. The van der Waals surface area contributed by atoms with Crippen LogP contribution in [0, 0.1) is 0 Å². The fraction of sp³-hybridized carbons (Fsp3) is 0.477. The van der Waals surface area contributed by atoms with E-state index in [9.17, 15) is 32.6 Å². The van der Waals surface area contributed by atoms with Crippen molar-refractivity contribution in [1.29, 1.82) is 0 Å². The smallest absolute Gasteiger partial charge is 0.388 e. The SMILES string of the molecule is O=C(O)CC(CCCCCCc1ccc2c(n1)NCCC2)c1ccc(OC(F)F)nc1.OC(/C=C/c1ccc(OC(F)F)nc1)CCCCc1ccc2c(n1)NCCC2. The minimum absolute atomic E-state index is 0.0111. The Labute approximate surface area is 342 Å². The minimum atomic E-state index is -2.93. The van der Waals surface area contributed by atoms with Crippen LogP contribution in [-0.2, 0) is 30.5 Å². The van der Waals surface area contributed by atoms with Crippen molar-refractivity contribution in [2.45, 2.75) is 122 Å². The summed E-state index contributed by atoms with van der Waals surface area (Å²) in [6.07, 6.45) is 19.2. The van der Waals surface area contributed by atoms with Gasteiger partial charge in [-0.15, -0.1) is 0 Å². The van der Waals surface area contributed by atoms with Gasteiger partial charge in [-0.25, -0.2) is 19.9 Å². The van der Waals surface area contributed by atoms with Crippen LogP contribution in [0.2, 0.25) is 0 Å². The highest BCUT2D eigenvalue weighted by Crippen LogP contribution is 2.28. The van der Waals surface area contributed by atoms with E-state index >= 15 is 0 Å². The maximum absolute atomic E-state index is 12.3. The number of pyridine rings is 4. The predicted octanol–water partition coefficient (Wildman–Crippen LogP) is 9.41. The molecule has 2 aliphatic rings. The van der Waals surface area contributed by atoms with Gasteiger partial charge in [-0.05, 0) is 111 Å². The number of carboxylic acid groups (broad SMARTS) is 1. The van der Waals surface area contributed by atoms with Crippen molar-refractivity contribution in [3.63, 3.8) is 0 Å². The fourth-order valence-electron chi connectivity index (χ4n) is 7.09. The monoisotopic (exact) mass is 822 g/mol. The van der Waals surface area contributed by atoms with E-state index in [0.29, 0.717) is 18.4 Å². The van der Waals surface area contributed by atoms with Crippen LogP contribution in [-0.4, -0.2) is 68.5 Å². The molecule has 6 rings (SSSR count). The number of aryl methyl sites for hydroxylation is 4. The molecule has 0 spiro atoms. The number of aliphatic hydroxyl groups excluding tert-OH is 1. The molecule has 0 saturated heterocycles. The molecule has 0 aliphatic carbocycles. The summed E-state index contributed by atoms with van der Waals surface area (Å²) < 4.78 is 57.1. The zero-order chi connectivity index (χ0) is 41.8. The van der Waals surface area contributed by atoms with Gasteiger partial charge < -0.3 is 30.3 Å². The number of rotatable bonds is 21. The molecule has 11 nitrogen and oxygen atoms in total. The lowest BCUT2D eigenvalue weighted by molar-refractivity contribution is -0.137. The molecule has 0 amide bonds. The number of aromatic nitrogens is 4. The first kappa shape index (κ1) is 44.8. The lowest BCUT2D eigenvalue weighted by atomic mass is 9.91. The number of anilines is 2. The summed E-state index contributed by atoms with van der Waals surface area (Å²) in [7, 11) is 0. The van der Waals surface area contributed by atoms with Gasteiger partial charge in [-0.3, -0.25) is 4.79 Å². The van der Waals surface area contributed by atoms with Crippen molar-refractivity contribution < 1.29 is 42.0 Å². The summed E-state index contributed by atoms with van der Waals surface area (Å²) in [5.74, 6) is 0.672. The second kappa shape index (κ2) is 23.9. The lowest BCUT2D eigenvalue weighted by Gasteiger charge is -2.17. The quantitative estimate of drug-likeness (QED) is 0.0470. The van der Waals surface area contributed by atoms with Gasteiger partial charge in [0.05, 0.1) is 12.5 Å². The Morgan fingerprint density at radius 1 is 0.712 bits per heavy atom. The van der Waals surface area contributed by atoms with Gasteiger partial charge in [0.1, 0.15) is 11.6 Å². The van der Waals surface area contributed by atoms with E-state index in [1.165, 1.54) is 35.7 Å². The third-order valence-corrected chi connectivity index (χ3v) is 10.2. The van der Waals surface area contributed by atoms with Crippen molar-refractivity contribution in [1.82, 2.24) is 19.9 Å². The Morgan fingerprint density at radius 2 is 1.27 bits per heavy atom. The van der Waals surface area contributed by atoms with Gasteiger partial charge in [0.2, 0.25) is 11.8 Å². The fourth-order valence-corrected chi connectivity index (χ4v) is 7.09. The molecule has 15 heteroatoms. The first-order chi connectivity index (χ1) is 28.6. The molecular formula is C44H54F4N6O5. The minimum Gasteiger partial charge on any atom is -0.481 e. The molecule has 0 fully saturated rings. The van der Waals surface area contributed by atoms with Crippen molar-refractivity contribution in [2.24, 2.45) is 0 Å². The first-order valence-electron chi connectivity index (χ1n) is 20.5. The molecule has 2 unspecified atom stereocenters. The number of carboxylic acids is 1. The molecule has 318 valence electrons. The van der Waals surface area contributed by atoms with Crippen molar-refractivity contribution in [3.05, 3.63) is 101 Å². The van der Waals surface area contributed by atoms with Crippen molar-refractivity contribution in [3.8, 4) is 11.8 Å². The van der Waals surface area contributed by atoms with Crippen LogP contribution in [0.4, 0.5) is 29.2 Å². The highest BCUT2D eigenvalue weighted by molar-refractivity contribution is 5.68. The molecule has 6 heterocycles. The van der Waals surface area contributed by atoms with Crippen LogP contribution in [0.1, 0.15) is 110 Å². The Balaban J connectivity index is 0.000000225. The Morgan fingerprint density at radius 3 is 1.81 bits per heavy atom. The molecule has 0 bridgehead atoms. The number of carbonyl (C=O) groups is 1. The zero-order valence-corrected chi connectivity index (χ0v) is 33.2. The molecule has 0 radical (unpaired) electrons. The maximum atomic E-state index is 12.3. The van der Waals surface area contributed by atoms with Crippen molar-refractivity contribution >= 4 is 23.7 Å². The Hall–Kier alpha value is -5.31. The summed E-state index contributed by atoms with van der Waals surface area (Å²) >= 11 is 0. The molecule has 2 aliphatic heterocycles. The average molecular weight is 823 g/mol. The maximum Gasteiger partial charge on any atom is 0.388 e. The van der Waals surface area contributed by atoms with Gasteiger partial charge in [0.25, 0.3) is 0 Å². The second-order valence-electron chi connectivity index (χ2n) is 14.7. The third-order valence-electron chi connectivity index (χ3n) is 10.2. The molecule has 4 N–H and O–H groups in total. The van der Waals surface area contributed by atoms with Gasteiger partial charge >= 0.3 is 19.2 Å². The third kappa shape index (κ3) is 16.1. The number of hydrogen-bond donors (Lipinski definition) is 4. The Kier molecular flexibility index (Phi) is 18.2. The number of hydrogen-bond acceptors (Lipinski definition) is 10. The summed E-state index contributed by atoms with van der Waals surface area (Å²) in [4.78, 5) is 28.3. The number of nitrogens with one attached hydrogen (secondary N) is 2. The number of unbranched alkanes of at least 4 members (excludes halogenated alkanes) is 4. The first-order valence-corrected chi connectivity index (χ1v) is 20.5. The molecule has 0 aromatic carbocycles. The largest absolute Gasteiger partial charge is 0.481 e. The van der Waals surface area contributed by atoms with E-state index < -0.39 is 25.3 Å². The van der Waals surface area contributed by atoms with Gasteiger partial charge in [-0.1, -0.05) is 56.0 Å². The van der Waals surface area contributed by atoms with E-state index in [1.54, 1.807) is 24.3 Å². The van der Waals surface area contributed by atoms with Gasteiger partial charge in [0.15, 0.2) is 0 Å². The molecule has 2 atom stereocenters. The van der Waals surface area contributed by atoms with E-state index in [1.807, 2.05) is 0 Å². The number of fused-ring (bicyclic) bond motifs is 2. The Bertz CT molecular complexity index is 1900. The highest BCUT2D eigenvalue weighted by Gasteiger charge is 2.17. The van der Waals surface area contributed by atoms with Crippen LogP contribution in [0.5, 0.6) is 11.8 Å². The molecule has 4 aromatic heterocycles. The second-order valence-corrected chi connectivity index (χ2v) is 14.7. The molecule has 59 heavy (non-hydrogen) atoms. The number of alkyl halides is 4. The lowest BCUT2D eigenvalue weighted by Crippen LogP contribution is -2.14. The number of aliphatic carboxylic acids is 1. The van der Waals surface area contributed by atoms with Crippen LogP contribution in [0.3, 0.4) is 0 Å². The number of halogens is 4. The average Bonchev–Trinajstić information content (AvgIpc) is 3.23. The van der Waals surface area contributed by atoms with Crippen LogP contribution >= 0.6 is 0 Å². The summed E-state index contributed by atoms with van der Waals surface area (Å²) in [6.45, 7) is -3.85. The van der Waals surface area contributed by atoms with Crippen LogP contribution in [0.25, 0.3) is 6.08 Å². The highest BCUT2D eigenvalue weighted by atomic mass is 19.3. The van der Waals surface area contributed by atoms with Gasteiger partial charge in [-0.2, -0.15) is 17.6 Å². The zero-order valence-electron chi connectivity index (χ0n) is 33.2. The van der Waals surface area contributed by atoms with E-state index in [0.717, 1.165) is 119 Å². The normalized spacial score (nSPS) is 14.4. The summed E-state index contributed by atoms with van der Waals surface area (Å²) in [6, 6.07) is 14.5.